The van der Waals surface area contributed by atoms with Crippen molar-refractivity contribution >= 4 is 41.0 Å². The van der Waals surface area contributed by atoms with Crippen LogP contribution < -0.4 is 9.47 Å². The minimum atomic E-state index is -0.884. The summed E-state index contributed by atoms with van der Waals surface area (Å²) in [5.74, 6) is -0.571. The molecule has 6 nitrogen and oxygen atoms in total. The number of hydrogen-bond donors (Lipinski definition) is 1. The zero-order valence-electron chi connectivity index (χ0n) is 20.3. The Labute approximate surface area is 225 Å². The van der Waals surface area contributed by atoms with Crippen molar-refractivity contribution in [2.75, 3.05) is 20.8 Å². The number of allylic oxidation sites excluding steroid dienone is 1. The molecule has 0 aromatic heterocycles. The van der Waals surface area contributed by atoms with Gasteiger partial charge in [-0.3, -0.25) is 9.59 Å². The number of methoxy groups -OCH3 is 2. The molecule has 0 saturated carbocycles. The minimum Gasteiger partial charge on any atom is -0.503 e. The quantitative estimate of drug-likeness (QED) is 0.327. The molecule has 1 unspecified atom stereocenters. The molecule has 3 aromatic carbocycles. The predicted octanol–water partition coefficient (Wildman–Crippen LogP) is 6.23. The summed E-state index contributed by atoms with van der Waals surface area (Å²) < 4.78 is 10.7. The summed E-state index contributed by atoms with van der Waals surface area (Å²) in [7, 11) is 3.10. The first-order valence-electron chi connectivity index (χ1n) is 11.5. The van der Waals surface area contributed by atoms with Crippen molar-refractivity contribution in [3.8, 4) is 11.5 Å². The number of halogens is 2. The van der Waals surface area contributed by atoms with Crippen LogP contribution in [-0.4, -0.2) is 42.5 Å². The molecule has 0 aliphatic carbocycles. The lowest BCUT2D eigenvalue weighted by molar-refractivity contribution is -0.129. The van der Waals surface area contributed by atoms with E-state index in [2.05, 4.69) is 0 Å². The number of carbonyl (C=O) groups is 2. The first kappa shape index (κ1) is 26.3. The Balaban J connectivity index is 1.68. The van der Waals surface area contributed by atoms with E-state index < -0.39 is 23.5 Å². The van der Waals surface area contributed by atoms with Gasteiger partial charge in [0.15, 0.2) is 23.0 Å². The Kier molecular flexibility index (Phi) is 8.21. The van der Waals surface area contributed by atoms with Gasteiger partial charge in [-0.15, -0.1) is 0 Å². The molecule has 37 heavy (non-hydrogen) atoms. The highest BCUT2D eigenvalue weighted by Crippen LogP contribution is 2.41. The van der Waals surface area contributed by atoms with Crippen molar-refractivity contribution in [2.45, 2.75) is 12.5 Å². The zero-order chi connectivity index (χ0) is 26.5. The molecule has 1 heterocycles. The van der Waals surface area contributed by atoms with E-state index >= 15 is 0 Å². The second-order valence-corrected chi connectivity index (χ2v) is 9.22. The van der Waals surface area contributed by atoms with E-state index in [1.807, 2.05) is 42.5 Å². The number of rotatable bonds is 9. The molecule has 4 rings (SSSR count). The third kappa shape index (κ3) is 5.66. The Morgan fingerprint density at radius 1 is 1.00 bits per heavy atom. The van der Waals surface area contributed by atoms with Gasteiger partial charge in [0.2, 0.25) is 0 Å². The molecule has 0 saturated heterocycles. The van der Waals surface area contributed by atoms with Crippen LogP contribution in [0.5, 0.6) is 11.5 Å². The first-order valence-corrected chi connectivity index (χ1v) is 12.3. The van der Waals surface area contributed by atoms with Crippen LogP contribution in [0.25, 0.3) is 6.08 Å². The van der Waals surface area contributed by atoms with Crippen molar-refractivity contribution in [3.63, 3.8) is 0 Å². The summed E-state index contributed by atoms with van der Waals surface area (Å²) in [4.78, 5) is 28.0. The predicted molar refractivity (Wildman–Crippen MR) is 144 cm³/mol. The van der Waals surface area contributed by atoms with Crippen LogP contribution in [0.4, 0.5) is 0 Å². The summed E-state index contributed by atoms with van der Waals surface area (Å²) in [5.41, 5.74) is 2.15. The third-order valence-corrected chi connectivity index (χ3v) is 6.70. The van der Waals surface area contributed by atoms with E-state index in [0.29, 0.717) is 28.5 Å². The highest BCUT2D eigenvalue weighted by molar-refractivity contribution is 6.35. The van der Waals surface area contributed by atoms with Crippen molar-refractivity contribution in [2.24, 2.45) is 0 Å². The molecule has 190 valence electrons. The highest BCUT2D eigenvalue weighted by Gasteiger charge is 2.43. The van der Waals surface area contributed by atoms with E-state index in [-0.39, 0.29) is 17.1 Å². The van der Waals surface area contributed by atoms with Crippen LogP contribution in [0.3, 0.4) is 0 Å². The fraction of sp³-hybridized carbons (Fsp3) is 0.172. The maximum atomic E-state index is 13.3. The third-order valence-electron chi connectivity index (χ3n) is 6.14. The van der Waals surface area contributed by atoms with Crippen molar-refractivity contribution in [1.82, 2.24) is 4.90 Å². The van der Waals surface area contributed by atoms with Gasteiger partial charge in [-0.05, 0) is 53.5 Å². The molecule has 1 aliphatic rings. The number of carbonyl (C=O) groups excluding carboxylic acids is 2. The topological polar surface area (TPSA) is 76.1 Å². The molecule has 1 N–H and O–H groups in total. The summed E-state index contributed by atoms with van der Waals surface area (Å²) in [6.07, 6.45) is 3.42. The van der Waals surface area contributed by atoms with Gasteiger partial charge < -0.3 is 19.5 Å². The monoisotopic (exact) mass is 537 g/mol. The summed E-state index contributed by atoms with van der Waals surface area (Å²) in [6, 6.07) is 18.7. The smallest absolute Gasteiger partial charge is 0.290 e. The Bertz CT molecular complexity index is 1380. The van der Waals surface area contributed by atoms with E-state index in [1.165, 1.54) is 11.0 Å². The van der Waals surface area contributed by atoms with Crippen LogP contribution in [0, 0.1) is 0 Å². The standard InChI is InChI=1S/C29H25Cl2NO5/c1-36-24-13-9-19(16-25(24)37-2)14-15-32-27(21-11-10-20(30)17-22(21)31)26(28(34)29(32)35)23(33)12-8-18-6-4-3-5-7-18/h3-13,16-17,27,34H,14-15H2,1-2H3/b12-8+. The maximum absolute atomic E-state index is 13.3. The fourth-order valence-corrected chi connectivity index (χ4v) is 4.81. The Morgan fingerprint density at radius 2 is 1.73 bits per heavy atom. The zero-order valence-corrected chi connectivity index (χ0v) is 21.8. The van der Waals surface area contributed by atoms with E-state index in [9.17, 15) is 14.7 Å². The minimum absolute atomic E-state index is 0.0336. The van der Waals surface area contributed by atoms with Gasteiger partial charge >= 0.3 is 0 Å². The molecule has 8 heteroatoms. The second-order valence-electron chi connectivity index (χ2n) is 8.38. The van der Waals surface area contributed by atoms with Gasteiger partial charge in [-0.25, -0.2) is 0 Å². The Morgan fingerprint density at radius 3 is 2.41 bits per heavy atom. The SMILES string of the molecule is COc1ccc(CCN2C(=O)C(O)=C(C(=O)/C=C/c3ccccc3)C2c2ccc(Cl)cc2Cl)cc1OC. The van der Waals surface area contributed by atoms with Gasteiger partial charge in [0.25, 0.3) is 5.91 Å². The molecule has 0 radical (unpaired) electrons. The van der Waals surface area contributed by atoms with Crippen molar-refractivity contribution in [3.05, 3.63) is 111 Å². The highest BCUT2D eigenvalue weighted by atomic mass is 35.5. The van der Waals surface area contributed by atoms with Gasteiger partial charge in [0.1, 0.15) is 0 Å². The number of benzene rings is 3. The number of aliphatic hydroxyl groups excluding tert-OH is 1. The number of amides is 1. The van der Waals surface area contributed by atoms with E-state index in [4.69, 9.17) is 32.7 Å². The average Bonchev–Trinajstić information content (AvgIpc) is 3.15. The van der Waals surface area contributed by atoms with E-state index in [1.54, 1.807) is 44.6 Å². The molecule has 0 fully saturated rings. The van der Waals surface area contributed by atoms with Crippen LogP contribution in [0.15, 0.2) is 84.1 Å². The maximum Gasteiger partial charge on any atom is 0.290 e. The van der Waals surface area contributed by atoms with Crippen molar-refractivity contribution in [1.29, 1.82) is 0 Å². The fourth-order valence-electron chi connectivity index (χ4n) is 4.29. The lowest BCUT2D eigenvalue weighted by Gasteiger charge is -2.27. The summed E-state index contributed by atoms with van der Waals surface area (Å²) >= 11 is 12.6. The largest absolute Gasteiger partial charge is 0.503 e. The lowest BCUT2D eigenvalue weighted by atomic mass is 9.95. The summed E-state index contributed by atoms with van der Waals surface area (Å²) in [6.45, 7) is 0.210. The molecule has 3 aromatic rings. The van der Waals surface area contributed by atoms with Crippen molar-refractivity contribution < 1.29 is 24.2 Å². The first-order chi connectivity index (χ1) is 17.8. The van der Waals surface area contributed by atoms with Crippen LogP contribution in [0.2, 0.25) is 10.0 Å². The normalized spacial score (nSPS) is 15.5. The van der Waals surface area contributed by atoms with Gasteiger partial charge in [0, 0.05) is 16.6 Å². The van der Waals surface area contributed by atoms with Crippen LogP contribution in [-0.2, 0) is 16.0 Å². The van der Waals surface area contributed by atoms with E-state index in [0.717, 1.165) is 11.1 Å². The molecule has 1 amide bonds. The summed E-state index contributed by atoms with van der Waals surface area (Å²) in [5, 5.41) is 11.6. The second kappa shape index (κ2) is 11.5. The number of aliphatic hydroxyl groups is 1. The molecule has 1 aliphatic heterocycles. The number of ketones is 1. The van der Waals surface area contributed by atoms with Gasteiger partial charge in [0.05, 0.1) is 25.8 Å². The van der Waals surface area contributed by atoms with Gasteiger partial charge in [-0.2, -0.15) is 0 Å². The number of ether oxygens (including phenoxy) is 2. The molecular formula is C29H25Cl2NO5. The lowest BCUT2D eigenvalue weighted by Crippen LogP contribution is -2.33. The molecule has 0 spiro atoms. The molecular weight excluding hydrogens is 513 g/mol. The van der Waals surface area contributed by atoms with Crippen LogP contribution in [0.1, 0.15) is 22.7 Å². The van der Waals surface area contributed by atoms with Crippen LogP contribution >= 0.6 is 23.2 Å². The molecule has 1 atom stereocenters. The number of hydrogen-bond acceptors (Lipinski definition) is 5. The van der Waals surface area contributed by atoms with Gasteiger partial charge in [-0.1, -0.05) is 71.7 Å². The average molecular weight is 538 g/mol. The Hall–Kier alpha value is -3.74. The molecule has 0 bridgehead atoms. The number of nitrogens with zero attached hydrogens (tertiary/aromatic N) is 1.